The lowest BCUT2D eigenvalue weighted by atomic mass is 10.2. The van der Waals surface area contributed by atoms with Crippen molar-refractivity contribution >= 4 is 50.5 Å². The summed E-state index contributed by atoms with van der Waals surface area (Å²) in [4.78, 5) is 26.8. The molecular formula is C22H21ClN2O5S2. The number of nitrogens with one attached hydrogen (secondary N) is 1. The highest BCUT2D eigenvalue weighted by Gasteiger charge is 2.17. The number of amides is 1. The lowest BCUT2D eigenvalue weighted by Gasteiger charge is -2.16. The number of esters is 1. The minimum Gasteiger partial charge on any atom is -0.452 e. The SMILES string of the molecule is Cc1ccc(NS(=O)(=O)c2ccc(C(=O)OCC(=O)N(C)Cc3ccc(Cl)s3)cc2)cc1. The quantitative estimate of drug-likeness (QED) is 0.472. The minimum atomic E-state index is -3.80. The fourth-order valence-electron chi connectivity index (χ4n) is 2.69. The predicted molar refractivity (Wildman–Crippen MR) is 125 cm³/mol. The van der Waals surface area contributed by atoms with Gasteiger partial charge in [0.2, 0.25) is 0 Å². The van der Waals surface area contributed by atoms with Gasteiger partial charge in [0.25, 0.3) is 15.9 Å². The molecule has 0 aliphatic rings. The third-order valence-electron chi connectivity index (χ3n) is 4.48. The number of rotatable bonds is 8. The summed E-state index contributed by atoms with van der Waals surface area (Å²) in [6.45, 7) is 1.83. The molecule has 0 saturated heterocycles. The van der Waals surface area contributed by atoms with Crippen LogP contribution >= 0.6 is 22.9 Å². The predicted octanol–water partition coefficient (Wildman–Crippen LogP) is 4.33. The molecule has 1 heterocycles. The molecule has 32 heavy (non-hydrogen) atoms. The molecule has 1 N–H and O–H groups in total. The molecule has 10 heteroatoms. The number of benzene rings is 2. The molecule has 0 unspecified atom stereocenters. The maximum atomic E-state index is 12.5. The monoisotopic (exact) mass is 492 g/mol. The molecule has 168 valence electrons. The van der Waals surface area contributed by atoms with Crippen LogP contribution < -0.4 is 4.72 Å². The first-order chi connectivity index (χ1) is 15.1. The van der Waals surface area contributed by atoms with Crippen LogP contribution in [0.2, 0.25) is 4.34 Å². The number of carbonyl (C=O) groups is 2. The molecule has 0 radical (unpaired) electrons. The number of thiophene rings is 1. The van der Waals surface area contributed by atoms with Gasteiger partial charge in [0.1, 0.15) is 0 Å². The van der Waals surface area contributed by atoms with Crippen molar-refractivity contribution in [1.82, 2.24) is 4.90 Å². The normalized spacial score (nSPS) is 11.1. The Kier molecular flexibility index (Phi) is 7.55. The van der Waals surface area contributed by atoms with E-state index < -0.39 is 22.6 Å². The van der Waals surface area contributed by atoms with Crippen LogP contribution in [0.1, 0.15) is 20.8 Å². The summed E-state index contributed by atoms with van der Waals surface area (Å²) in [7, 11) is -2.20. The van der Waals surface area contributed by atoms with Gasteiger partial charge < -0.3 is 9.64 Å². The topological polar surface area (TPSA) is 92.8 Å². The van der Waals surface area contributed by atoms with Gasteiger partial charge in [0, 0.05) is 17.6 Å². The lowest BCUT2D eigenvalue weighted by molar-refractivity contribution is -0.133. The van der Waals surface area contributed by atoms with E-state index in [1.807, 2.05) is 13.0 Å². The molecule has 0 atom stereocenters. The number of nitrogens with zero attached hydrogens (tertiary/aromatic N) is 1. The third-order valence-corrected chi connectivity index (χ3v) is 7.09. The van der Waals surface area contributed by atoms with Crippen molar-refractivity contribution in [2.75, 3.05) is 18.4 Å². The third kappa shape index (κ3) is 6.32. The van der Waals surface area contributed by atoms with Gasteiger partial charge in [-0.15, -0.1) is 11.3 Å². The molecule has 0 bridgehead atoms. The first kappa shape index (κ1) is 23.8. The van der Waals surface area contributed by atoms with E-state index in [1.54, 1.807) is 37.4 Å². The minimum absolute atomic E-state index is 0.0000401. The average molecular weight is 493 g/mol. The summed E-state index contributed by atoms with van der Waals surface area (Å²) in [5.41, 5.74) is 1.59. The van der Waals surface area contributed by atoms with Gasteiger partial charge in [-0.05, 0) is 55.5 Å². The molecule has 0 spiro atoms. The Balaban J connectivity index is 1.56. The van der Waals surface area contributed by atoms with Gasteiger partial charge in [-0.3, -0.25) is 9.52 Å². The number of sulfonamides is 1. The second-order valence-electron chi connectivity index (χ2n) is 7.03. The van der Waals surface area contributed by atoms with Gasteiger partial charge in [0.15, 0.2) is 6.61 Å². The van der Waals surface area contributed by atoms with Crippen LogP contribution in [0.3, 0.4) is 0 Å². The van der Waals surface area contributed by atoms with E-state index >= 15 is 0 Å². The summed E-state index contributed by atoms with van der Waals surface area (Å²) < 4.78 is 33.2. The zero-order valence-electron chi connectivity index (χ0n) is 17.4. The molecule has 7 nitrogen and oxygen atoms in total. The Labute approximate surface area is 195 Å². The van der Waals surface area contributed by atoms with Crippen LogP contribution in [0.25, 0.3) is 0 Å². The van der Waals surface area contributed by atoms with Gasteiger partial charge >= 0.3 is 5.97 Å². The average Bonchev–Trinajstić information content (AvgIpc) is 3.17. The largest absolute Gasteiger partial charge is 0.452 e. The first-order valence-electron chi connectivity index (χ1n) is 9.49. The standard InChI is InChI=1S/C22H21ClN2O5S2/c1-15-3-7-17(8-4-15)24-32(28,29)19-10-5-16(6-11-19)22(27)30-14-21(26)25(2)13-18-9-12-20(23)31-18/h3-12,24H,13-14H2,1-2H3. The fourth-order valence-corrected chi connectivity index (χ4v) is 4.89. The smallest absolute Gasteiger partial charge is 0.338 e. The van der Waals surface area contributed by atoms with Gasteiger partial charge in [-0.2, -0.15) is 0 Å². The zero-order valence-corrected chi connectivity index (χ0v) is 19.8. The molecular weight excluding hydrogens is 472 g/mol. The van der Waals surface area contributed by atoms with E-state index in [9.17, 15) is 18.0 Å². The number of carbonyl (C=O) groups excluding carboxylic acids is 2. The first-order valence-corrected chi connectivity index (χ1v) is 12.2. The van der Waals surface area contributed by atoms with E-state index in [1.165, 1.54) is 40.5 Å². The van der Waals surface area contributed by atoms with E-state index in [0.717, 1.165) is 10.4 Å². The molecule has 0 saturated carbocycles. The van der Waals surface area contributed by atoms with Crippen molar-refractivity contribution < 1.29 is 22.7 Å². The maximum absolute atomic E-state index is 12.5. The van der Waals surface area contributed by atoms with Gasteiger partial charge in [-0.1, -0.05) is 29.3 Å². The van der Waals surface area contributed by atoms with Crippen molar-refractivity contribution in [1.29, 1.82) is 0 Å². The lowest BCUT2D eigenvalue weighted by Crippen LogP contribution is -2.30. The van der Waals surface area contributed by atoms with Gasteiger partial charge in [-0.25, -0.2) is 13.2 Å². The molecule has 0 aliphatic carbocycles. The number of likely N-dealkylation sites (N-methyl/N-ethyl adjacent to an activating group) is 1. The van der Waals surface area contributed by atoms with Crippen molar-refractivity contribution in [3.05, 3.63) is 81.0 Å². The Morgan fingerprint density at radius 2 is 1.69 bits per heavy atom. The highest BCUT2D eigenvalue weighted by molar-refractivity contribution is 7.92. The Bertz CT molecular complexity index is 1210. The number of halogens is 1. The van der Waals surface area contributed by atoms with E-state index in [4.69, 9.17) is 16.3 Å². The molecule has 3 aromatic rings. The number of anilines is 1. The zero-order chi connectivity index (χ0) is 23.3. The summed E-state index contributed by atoms with van der Waals surface area (Å²) in [5.74, 6) is -1.09. The van der Waals surface area contributed by atoms with E-state index in [-0.39, 0.29) is 16.4 Å². The number of hydrogen-bond acceptors (Lipinski definition) is 6. The summed E-state index contributed by atoms with van der Waals surface area (Å²) in [5, 5.41) is 0. The van der Waals surface area contributed by atoms with Crippen molar-refractivity contribution in [3.8, 4) is 0 Å². The molecule has 1 amide bonds. The highest BCUT2D eigenvalue weighted by atomic mass is 35.5. The maximum Gasteiger partial charge on any atom is 0.338 e. The summed E-state index contributed by atoms with van der Waals surface area (Å²) >= 11 is 7.25. The Hall–Kier alpha value is -2.88. The van der Waals surface area contributed by atoms with Gasteiger partial charge in [0.05, 0.1) is 21.3 Å². The second kappa shape index (κ2) is 10.2. The number of hydrogen-bond donors (Lipinski definition) is 1. The fraction of sp³-hybridized carbons (Fsp3) is 0.182. The van der Waals surface area contributed by atoms with Crippen molar-refractivity contribution in [2.24, 2.45) is 0 Å². The van der Waals surface area contributed by atoms with Crippen LogP contribution in [0.5, 0.6) is 0 Å². The summed E-state index contributed by atoms with van der Waals surface area (Å²) in [6, 6.07) is 15.8. The van der Waals surface area contributed by atoms with Crippen LogP contribution in [0.4, 0.5) is 5.69 Å². The molecule has 2 aromatic carbocycles. The summed E-state index contributed by atoms with van der Waals surface area (Å²) in [6.07, 6.45) is 0. The Morgan fingerprint density at radius 3 is 2.28 bits per heavy atom. The highest BCUT2D eigenvalue weighted by Crippen LogP contribution is 2.22. The van der Waals surface area contributed by atoms with Crippen molar-refractivity contribution in [2.45, 2.75) is 18.4 Å². The van der Waals surface area contributed by atoms with E-state index in [0.29, 0.717) is 16.6 Å². The molecule has 1 aromatic heterocycles. The van der Waals surface area contributed by atoms with E-state index in [2.05, 4.69) is 4.72 Å². The van der Waals surface area contributed by atoms with Crippen LogP contribution in [-0.2, 0) is 26.1 Å². The second-order valence-corrected chi connectivity index (χ2v) is 10.5. The molecule has 0 fully saturated rings. The van der Waals surface area contributed by atoms with Crippen LogP contribution in [-0.4, -0.2) is 38.8 Å². The molecule has 0 aliphatic heterocycles. The number of ether oxygens (including phenoxy) is 1. The van der Waals surface area contributed by atoms with Crippen LogP contribution in [0, 0.1) is 6.92 Å². The van der Waals surface area contributed by atoms with Crippen molar-refractivity contribution in [3.63, 3.8) is 0 Å². The molecule has 3 rings (SSSR count). The number of aryl methyl sites for hydroxylation is 1. The van der Waals surface area contributed by atoms with Crippen LogP contribution in [0.15, 0.2) is 65.6 Å². The Morgan fingerprint density at radius 1 is 1.03 bits per heavy atom.